The Kier molecular flexibility index (Phi) is 4.84. The predicted molar refractivity (Wildman–Crippen MR) is 103 cm³/mol. The molecule has 0 spiro atoms. The molecule has 2 aromatic carbocycles. The second kappa shape index (κ2) is 7.33. The van der Waals surface area contributed by atoms with Crippen molar-refractivity contribution in [1.29, 1.82) is 0 Å². The zero-order valence-corrected chi connectivity index (χ0v) is 15.8. The Bertz CT molecular complexity index is 1030. The van der Waals surface area contributed by atoms with Crippen molar-refractivity contribution >= 4 is 17.8 Å². The van der Waals surface area contributed by atoms with Gasteiger partial charge in [-0.3, -0.25) is 14.5 Å². The molecule has 0 amide bonds. The minimum atomic E-state index is -0.903. The summed E-state index contributed by atoms with van der Waals surface area (Å²) in [6, 6.07) is 6.53. The lowest BCUT2D eigenvalue weighted by atomic mass is 9.99. The number of phenolic OH excluding ortho intramolecular Hbond substituents is 1. The van der Waals surface area contributed by atoms with Gasteiger partial charge in [0.25, 0.3) is 0 Å². The largest absolute Gasteiger partial charge is 0.507 e. The molecule has 6 nitrogen and oxygen atoms in total. The molecule has 0 saturated carbocycles. The van der Waals surface area contributed by atoms with E-state index in [9.17, 15) is 24.2 Å². The molecule has 7 heteroatoms. The van der Waals surface area contributed by atoms with Crippen molar-refractivity contribution in [1.82, 2.24) is 4.90 Å². The van der Waals surface area contributed by atoms with E-state index >= 15 is 0 Å². The maximum atomic E-state index is 13.1. The molecule has 4 rings (SSSR count). The van der Waals surface area contributed by atoms with Crippen LogP contribution in [0.1, 0.15) is 39.9 Å². The van der Waals surface area contributed by atoms with Crippen molar-refractivity contribution in [3.05, 3.63) is 64.2 Å². The third kappa shape index (κ3) is 3.49. The van der Waals surface area contributed by atoms with Gasteiger partial charge in [0.2, 0.25) is 5.78 Å². The number of aliphatic carboxylic acids is 1. The zero-order valence-electron chi connectivity index (χ0n) is 15.8. The number of likely N-dealkylation sites (tertiary alicyclic amines) is 1. The summed E-state index contributed by atoms with van der Waals surface area (Å²) in [6.45, 7) is 2.47. The average molecular weight is 397 g/mol. The van der Waals surface area contributed by atoms with Gasteiger partial charge < -0.3 is 14.9 Å². The number of fused-ring (bicyclic) bond motifs is 1. The third-order valence-corrected chi connectivity index (χ3v) is 5.40. The minimum Gasteiger partial charge on any atom is -0.507 e. The molecule has 0 aliphatic carbocycles. The van der Waals surface area contributed by atoms with Crippen LogP contribution in [0.5, 0.6) is 11.5 Å². The van der Waals surface area contributed by atoms with Crippen LogP contribution in [0, 0.1) is 12.7 Å². The van der Waals surface area contributed by atoms with Gasteiger partial charge in [-0.2, -0.15) is 0 Å². The Hall–Kier alpha value is -3.19. The number of carboxylic acids is 1. The Morgan fingerprint density at radius 2 is 2.07 bits per heavy atom. The zero-order chi connectivity index (χ0) is 20.7. The summed E-state index contributed by atoms with van der Waals surface area (Å²) in [6.07, 6.45) is 2.82. The van der Waals surface area contributed by atoms with Gasteiger partial charge in [0.05, 0.1) is 11.1 Å². The number of ketones is 1. The van der Waals surface area contributed by atoms with E-state index in [4.69, 9.17) is 4.74 Å². The molecule has 1 atom stereocenters. The van der Waals surface area contributed by atoms with Crippen molar-refractivity contribution in [2.45, 2.75) is 32.4 Å². The van der Waals surface area contributed by atoms with Gasteiger partial charge >= 0.3 is 5.97 Å². The molecule has 0 radical (unpaired) electrons. The first-order valence-corrected chi connectivity index (χ1v) is 9.37. The topological polar surface area (TPSA) is 87.1 Å². The van der Waals surface area contributed by atoms with Crippen LogP contribution in [-0.4, -0.2) is 39.5 Å². The summed E-state index contributed by atoms with van der Waals surface area (Å²) in [5.41, 5.74) is 1.94. The summed E-state index contributed by atoms with van der Waals surface area (Å²) < 4.78 is 19.0. The van der Waals surface area contributed by atoms with Crippen molar-refractivity contribution in [2.75, 3.05) is 6.54 Å². The van der Waals surface area contributed by atoms with E-state index in [1.54, 1.807) is 11.8 Å². The third-order valence-electron chi connectivity index (χ3n) is 5.40. The SMILES string of the molecule is Cc1cc(O)c(CN2CCC[C@@H]2C(=O)O)c2c1C(=O)/C(=C/c1ccc(F)cc1)O2. The number of nitrogens with zero attached hydrogens (tertiary/aromatic N) is 1. The van der Waals surface area contributed by atoms with Gasteiger partial charge in [0.1, 0.15) is 23.4 Å². The molecule has 2 N–H and O–H groups in total. The number of rotatable bonds is 4. The monoisotopic (exact) mass is 397 g/mol. The normalized spacial score (nSPS) is 20.1. The van der Waals surface area contributed by atoms with E-state index in [0.717, 1.165) is 6.42 Å². The Labute approximate surface area is 166 Å². The van der Waals surface area contributed by atoms with Gasteiger partial charge in [-0.25, -0.2) is 4.39 Å². The van der Waals surface area contributed by atoms with E-state index in [2.05, 4.69) is 0 Å². The fourth-order valence-corrected chi connectivity index (χ4v) is 3.94. The van der Waals surface area contributed by atoms with Crippen LogP contribution in [0.25, 0.3) is 6.08 Å². The van der Waals surface area contributed by atoms with Crippen LogP contribution < -0.4 is 4.74 Å². The van der Waals surface area contributed by atoms with E-state index in [-0.39, 0.29) is 35.4 Å². The first-order valence-electron chi connectivity index (χ1n) is 9.37. The number of halogens is 1. The smallest absolute Gasteiger partial charge is 0.320 e. The number of benzene rings is 2. The Morgan fingerprint density at radius 3 is 2.76 bits per heavy atom. The van der Waals surface area contributed by atoms with Crippen LogP contribution >= 0.6 is 0 Å². The molecule has 2 aliphatic heterocycles. The summed E-state index contributed by atoms with van der Waals surface area (Å²) in [4.78, 5) is 26.2. The van der Waals surface area contributed by atoms with Crippen LogP contribution in [0.3, 0.4) is 0 Å². The number of carbonyl (C=O) groups is 2. The lowest BCUT2D eigenvalue weighted by Crippen LogP contribution is -2.35. The summed E-state index contributed by atoms with van der Waals surface area (Å²) in [5, 5.41) is 19.9. The number of allylic oxidation sites excluding steroid dienone is 1. The molecule has 2 aliphatic rings. The second-order valence-electron chi connectivity index (χ2n) is 7.35. The molecule has 0 aromatic heterocycles. The number of aryl methyl sites for hydroxylation is 1. The van der Waals surface area contributed by atoms with Gasteiger partial charge in [-0.15, -0.1) is 0 Å². The molecule has 1 fully saturated rings. The van der Waals surface area contributed by atoms with Gasteiger partial charge in [0.15, 0.2) is 5.76 Å². The summed E-state index contributed by atoms with van der Waals surface area (Å²) >= 11 is 0. The molecular formula is C22H20FNO5. The number of carbonyl (C=O) groups excluding carboxylic acids is 1. The number of Topliss-reactive ketones (excluding diaryl/α,β-unsaturated/α-hetero) is 1. The summed E-state index contributed by atoms with van der Waals surface area (Å²) in [5.74, 6) is -1.29. The average Bonchev–Trinajstić information content (AvgIpc) is 3.26. The molecular weight excluding hydrogens is 377 g/mol. The number of aromatic hydroxyl groups is 1. The maximum absolute atomic E-state index is 13.1. The first-order chi connectivity index (χ1) is 13.8. The highest BCUT2D eigenvalue weighted by molar-refractivity contribution is 6.15. The lowest BCUT2D eigenvalue weighted by molar-refractivity contribution is -0.142. The lowest BCUT2D eigenvalue weighted by Gasteiger charge is -2.22. The minimum absolute atomic E-state index is 0.0341. The molecule has 29 heavy (non-hydrogen) atoms. The van der Waals surface area contributed by atoms with Gasteiger partial charge in [-0.1, -0.05) is 12.1 Å². The standard InChI is InChI=1S/C22H20FNO5/c1-12-9-17(25)15(11-24-8-2-3-16(24)22(27)28)21-19(12)20(26)18(29-21)10-13-4-6-14(23)7-5-13/h4-7,9-10,16,25H,2-3,8,11H2,1H3,(H,27,28)/b18-10-/t16-/m1/s1. The Balaban J connectivity index is 1.71. The van der Waals surface area contributed by atoms with Gasteiger partial charge in [-0.05, 0) is 61.7 Å². The quantitative estimate of drug-likeness (QED) is 0.768. The van der Waals surface area contributed by atoms with E-state index in [1.165, 1.54) is 36.4 Å². The molecule has 150 valence electrons. The number of hydrogen-bond donors (Lipinski definition) is 2. The van der Waals surface area contributed by atoms with Crippen LogP contribution in [0.2, 0.25) is 0 Å². The first kappa shape index (κ1) is 19.1. The van der Waals surface area contributed by atoms with E-state index < -0.39 is 12.0 Å². The fourth-order valence-electron chi connectivity index (χ4n) is 3.94. The van der Waals surface area contributed by atoms with Crippen LogP contribution in [-0.2, 0) is 11.3 Å². The number of carboxylic acid groups (broad SMARTS) is 1. The Morgan fingerprint density at radius 1 is 1.34 bits per heavy atom. The van der Waals surface area contributed by atoms with E-state index in [0.29, 0.717) is 35.2 Å². The molecule has 0 unspecified atom stereocenters. The summed E-state index contributed by atoms with van der Waals surface area (Å²) in [7, 11) is 0. The highest BCUT2D eigenvalue weighted by Crippen LogP contribution is 2.43. The predicted octanol–water partition coefficient (Wildman–Crippen LogP) is 3.50. The molecule has 2 aromatic rings. The maximum Gasteiger partial charge on any atom is 0.320 e. The fraction of sp³-hybridized carbons (Fsp3) is 0.273. The van der Waals surface area contributed by atoms with Crippen molar-refractivity contribution in [3.8, 4) is 11.5 Å². The number of ether oxygens (including phenoxy) is 1. The van der Waals surface area contributed by atoms with Crippen LogP contribution in [0.15, 0.2) is 36.1 Å². The van der Waals surface area contributed by atoms with Crippen molar-refractivity contribution in [3.63, 3.8) is 0 Å². The molecule has 1 saturated heterocycles. The van der Waals surface area contributed by atoms with E-state index in [1.807, 2.05) is 0 Å². The van der Waals surface area contributed by atoms with Crippen molar-refractivity contribution < 1.29 is 28.9 Å². The highest BCUT2D eigenvalue weighted by Gasteiger charge is 2.36. The molecule has 2 heterocycles. The molecule has 0 bridgehead atoms. The highest BCUT2D eigenvalue weighted by atomic mass is 19.1. The van der Waals surface area contributed by atoms with Crippen molar-refractivity contribution in [2.24, 2.45) is 0 Å². The van der Waals surface area contributed by atoms with Gasteiger partial charge in [0, 0.05) is 6.54 Å². The second-order valence-corrected chi connectivity index (χ2v) is 7.35. The number of phenols is 1. The van der Waals surface area contributed by atoms with Crippen LogP contribution in [0.4, 0.5) is 4.39 Å². The number of hydrogen-bond acceptors (Lipinski definition) is 5.